The molecular formula is C11H12ClF3N2O2. The van der Waals surface area contributed by atoms with E-state index in [-0.39, 0.29) is 16.5 Å². The van der Waals surface area contributed by atoms with E-state index in [4.69, 9.17) is 22.1 Å². The van der Waals surface area contributed by atoms with Gasteiger partial charge in [0.15, 0.2) is 5.54 Å². The molecule has 0 aliphatic rings. The summed E-state index contributed by atoms with van der Waals surface area (Å²) in [4.78, 5) is 11.5. The molecule has 0 aromatic heterocycles. The lowest BCUT2D eigenvalue weighted by Crippen LogP contribution is -2.59. The molecule has 0 saturated carbocycles. The van der Waals surface area contributed by atoms with Crippen LogP contribution in [0.25, 0.3) is 0 Å². The Balaban J connectivity index is 2.95. The lowest BCUT2D eigenvalue weighted by molar-refractivity contribution is -0.184. The van der Waals surface area contributed by atoms with E-state index in [1.54, 1.807) is 0 Å². The van der Waals surface area contributed by atoms with Crippen LogP contribution in [0.1, 0.15) is 6.92 Å². The van der Waals surface area contributed by atoms with Crippen molar-refractivity contribution in [2.75, 3.05) is 12.4 Å². The highest BCUT2D eigenvalue weighted by Crippen LogP contribution is 2.31. The molecular weight excluding hydrogens is 285 g/mol. The largest absolute Gasteiger partial charge is 0.495 e. The van der Waals surface area contributed by atoms with Crippen molar-refractivity contribution in [2.24, 2.45) is 5.73 Å². The molecule has 1 amide bonds. The molecule has 4 nitrogen and oxygen atoms in total. The molecule has 8 heteroatoms. The van der Waals surface area contributed by atoms with Gasteiger partial charge in [-0.25, -0.2) is 0 Å². The number of nitrogens with two attached hydrogens (primary N) is 1. The SMILES string of the molecule is COc1cc(NC(=O)C(C)(N)C(F)(F)F)ccc1Cl. The standard InChI is InChI=1S/C11H12ClF3N2O2/c1-10(16,11(13,14)15)9(18)17-6-3-4-7(12)8(5-6)19-2/h3-5H,16H2,1-2H3,(H,17,18). The fourth-order valence-electron chi connectivity index (χ4n) is 1.13. The van der Waals surface area contributed by atoms with E-state index in [9.17, 15) is 18.0 Å². The van der Waals surface area contributed by atoms with Crippen molar-refractivity contribution in [1.29, 1.82) is 0 Å². The Morgan fingerprint density at radius 3 is 2.47 bits per heavy atom. The summed E-state index contributed by atoms with van der Waals surface area (Å²) >= 11 is 5.75. The molecule has 19 heavy (non-hydrogen) atoms. The predicted molar refractivity (Wildman–Crippen MR) is 65.3 cm³/mol. The van der Waals surface area contributed by atoms with E-state index in [0.717, 1.165) is 0 Å². The molecule has 0 radical (unpaired) electrons. The van der Waals surface area contributed by atoms with Gasteiger partial charge in [0, 0.05) is 11.8 Å². The van der Waals surface area contributed by atoms with Crippen molar-refractivity contribution in [3.05, 3.63) is 23.2 Å². The second-order valence-corrected chi connectivity index (χ2v) is 4.41. The fourth-order valence-corrected chi connectivity index (χ4v) is 1.32. The van der Waals surface area contributed by atoms with E-state index < -0.39 is 17.6 Å². The van der Waals surface area contributed by atoms with Crippen LogP contribution >= 0.6 is 11.6 Å². The molecule has 0 fully saturated rings. The Hall–Kier alpha value is -1.47. The number of ether oxygens (including phenoxy) is 1. The quantitative estimate of drug-likeness (QED) is 0.901. The highest BCUT2D eigenvalue weighted by molar-refractivity contribution is 6.32. The van der Waals surface area contributed by atoms with E-state index >= 15 is 0 Å². The van der Waals surface area contributed by atoms with E-state index in [1.807, 2.05) is 0 Å². The smallest absolute Gasteiger partial charge is 0.415 e. The van der Waals surface area contributed by atoms with Crippen LogP contribution in [0.5, 0.6) is 5.75 Å². The molecule has 0 heterocycles. The summed E-state index contributed by atoms with van der Waals surface area (Å²) in [6.07, 6.45) is -4.85. The van der Waals surface area contributed by atoms with Gasteiger partial charge in [0.2, 0.25) is 0 Å². The number of rotatable bonds is 3. The zero-order valence-electron chi connectivity index (χ0n) is 10.1. The minimum atomic E-state index is -4.85. The maximum absolute atomic E-state index is 12.6. The molecule has 3 N–H and O–H groups in total. The van der Waals surface area contributed by atoms with Gasteiger partial charge in [-0.3, -0.25) is 4.79 Å². The summed E-state index contributed by atoms with van der Waals surface area (Å²) in [6, 6.07) is 4.03. The van der Waals surface area contributed by atoms with Gasteiger partial charge in [-0.15, -0.1) is 0 Å². The lowest BCUT2D eigenvalue weighted by Gasteiger charge is -2.26. The van der Waals surface area contributed by atoms with Crippen LogP contribution in [0.15, 0.2) is 18.2 Å². The van der Waals surface area contributed by atoms with Gasteiger partial charge in [0.25, 0.3) is 5.91 Å². The fraction of sp³-hybridized carbons (Fsp3) is 0.364. The maximum Gasteiger partial charge on any atom is 0.415 e. The molecule has 106 valence electrons. The van der Waals surface area contributed by atoms with E-state index in [1.165, 1.54) is 25.3 Å². The minimum Gasteiger partial charge on any atom is -0.495 e. The monoisotopic (exact) mass is 296 g/mol. The summed E-state index contributed by atoms with van der Waals surface area (Å²) in [6.45, 7) is 0.593. The number of carbonyl (C=O) groups excluding carboxylic acids is 1. The Kier molecular flexibility index (Phi) is 4.32. The molecule has 0 aliphatic carbocycles. The number of hydrogen-bond donors (Lipinski definition) is 2. The number of hydrogen-bond acceptors (Lipinski definition) is 3. The Labute approximate surface area is 112 Å². The Morgan fingerprint density at radius 1 is 1.42 bits per heavy atom. The summed E-state index contributed by atoms with van der Waals surface area (Å²) in [7, 11) is 1.34. The molecule has 0 bridgehead atoms. The second kappa shape index (κ2) is 5.26. The Morgan fingerprint density at radius 2 is 2.00 bits per heavy atom. The van der Waals surface area contributed by atoms with Gasteiger partial charge in [-0.2, -0.15) is 13.2 Å². The molecule has 1 aromatic rings. The van der Waals surface area contributed by atoms with Crippen LogP contribution in [0, 0.1) is 0 Å². The number of alkyl halides is 3. The molecule has 0 saturated heterocycles. The van der Waals surface area contributed by atoms with Crippen molar-refractivity contribution >= 4 is 23.2 Å². The third kappa shape index (κ3) is 3.30. The first-order valence-corrected chi connectivity index (χ1v) is 5.48. The van der Waals surface area contributed by atoms with Crippen LogP contribution in [-0.2, 0) is 4.79 Å². The summed E-state index contributed by atoms with van der Waals surface area (Å²) in [5.41, 5.74) is 2.11. The number of benzene rings is 1. The van der Waals surface area contributed by atoms with Gasteiger partial charge in [0.1, 0.15) is 5.75 Å². The number of anilines is 1. The maximum atomic E-state index is 12.6. The molecule has 1 atom stereocenters. The Bertz CT molecular complexity index is 489. The highest BCUT2D eigenvalue weighted by atomic mass is 35.5. The van der Waals surface area contributed by atoms with Crippen molar-refractivity contribution in [2.45, 2.75) is 18.6 Å². The predicted octanol–water partition coefficient (Wildman–Crippen LogP) is 2.57. The third-order valence-corrected chi connectivity index (χ3v) is 2.78. The average molecular weight is 297 g/mol. The number of carbonyl (C=O) groups is 1. The summed E-state index contributed by atoms with van der Waals surface area (Å²) in [5, 5.41) is 2.34. The molecule has 1 aromatic carbocycles. The first-order valence-electron chi connectivity index (χ1n) is 5.10. The zero-order chi connectivity index (χ0) is 14.8. The van der Waals surface area contributed by atoms with Crippen LogP contribution < -0.4 is 15.8 Å². The van der Waals surface area contributed by atoms with Gasteiger partial charge in [-0.05, 0) is 19.1 Å². The number of halogens is 4. The zero-order valence-corrected chi connectivity index (χ0v) is 10.9. The highest BCUT2D eigenvalue weighted by Gasteiger charge is 2.53. The normalized spacial score (nSPS) is 14.7. The van der Waals surface area contributed by atoms with Gasteiger partial charge >= 0.3 is 6.18 Å². The first-order chi connectivity index (χ1) is 8.59. The minimum absolute atomic E-state index is 0.104. The number of nitrogens with one attached hydrogen (secondary N) is 1. The van der Waals surface area contributed by atoms with E-state index in [2.05, 4.69) is 5.32 Å². The van der Waals surface area contributed by atoms with Crippen LogP contribution in [0.4, 0.5) is 18.9 Å². The first kappa shape index (κ1) is 15.6. The lowest BCUT2D eigenvalue weighted by atomic mass is 10.0. The van der Waals surface area contributed by atoms with Crippen LogP contribution in [0.3, 0.4) is 0 Å². The molecule has 1 unspecified atom stereocenters. The second-order valence-electron chi connectivity index (χ2n) is 4.00. The van der Waals surface area contributed by atoms with Crippen molar-refractivity contribution in [1.82, 2.24) is 0 Å². The van der Waals surface area contributed by atoms with Gasteiger partial charge in [-0.1, -0.05) is 11.6 Å². The average Bonchev–Trinajstić information content (AvgIpc) is 2.30. The van der Waals surface area contributed by atoms with Crippen molar-refractivity contribution in [3.63, 3.8) is 0 Å². The summed E-state index contributed by atoms with van der Waals surface area (Å²) < 4.78 is 42.6. The third-order valence-electron chi connectivity index (χ3n) is 2.47. The van der Waals surface area contributed by atoms with Crippen molar-refractivity contribution in [3.8, 4) is 5.75 Å². The van der Waals surface area contributed by atoms with Crippen LogP contribution in [0.2, 0.25) is 5.02 Å². The number of methoxy groups -OCH3 is 1. The molecule has 1 rings (SSSR count). The molecule has 0 spiro atoms. The van der Waals surface area contributed by atoms with E-state index in [0.29, 0.717) is 6.92 Å². The topological polar surface area (TPSA) is 64.3 Å². The van der Waals surface area contributed by atoms with Gasteiger partial charge < -0.3 is 15.8 Å². The number of amides is 1. The van der Waals surface area contributed by atoms with Crippen LogP contribution in [-0.4, -0.2) is 24.7 Å². The van der Waals surface area contributed by atoms with Crippen molar-refractivity contribution < 1.29 is 22.7 Å². The van der Waals surface area contributed by atoms with Gasteiger partial charge in [0.05, 0.1) is 12.1 Å². The molecule has 0 aliphatic heterocycles. The summed E-state index contributed by atoms with van der Waals surface area (Å²) in [5.74, 6) is -1.14.